The topological polar surface area (TPSA) is 0 Å². The Labute approximate surface area is 148 Å². The van der Waals surface area contributed by atoms with Crippen LogP contribution in [-0.2, 0) is 0 Å². The molecule has 1 spiro atoms. The van der Waals surface area contributed by atoms with Crippen molar-refractivity contribution in [1.29, 1.82) is 0 Å². The monoisotopic (exact) mass is 324 g/mol. The van der Waals surface area contributed by atoms with Crippen molar-refractivity contribution in [3.05, 3.63) is 0 Å². The highest BCUT2D eigenvalue weighted by molar-refractivity contribution is 5.25. The van der Waals surface area contributed by atoms with Crippen LogP contribution in [0.5, 0.6) is 0 Å². The van der Waals surface area contributed by atoms with E-state index in [1.807, 2.05) is 0 Å². The normalized spacial score (nSPS) is 64.6. The zero-order chi connectivity index (χ0) is 15.7. The van der Waals surface area contributed by atoms with Crippen molar-refractivity contribution in [3.8, 4) is 0 Å². The second-order valence-electron chi connectivity index (χ2n) is 11.8. The van der Waals surface area contributed by atoms with Gasteiger partial charge in [0, 0.05) is 0 Å². The van der Waals surface area contributed by atoms with Crippen LogP contribution in [0.25, 0.3) is 0 Å². The highest BCUT2D eigenvalue weighted by atomic mass is 14.8. The molecule has 132 valence electrons. The van der Waals surface area contributed by atoms with Crippen LogP contribution >= 0.6 is 0 Å². The van der Waals surface area contributed by atoms with E-state index in [0.29, 0.717) is 0 Å². The average molecular weight is 325 g/mol. The van der Waals surface area contributed by atoms with Gasteiger partial charge in [-0.05, 0) is 115 Å². The third-order valence-corrected chi connectivity index (χ3v) is 11.6. The van der Waals surface area contributed by atoms with Crippen LogP contribution in [0.15, 0.2) is 0 Å². The zero-order valence-electron chi connectivity index (χ0n) is 15.7. The van der Waals surface area contributed by atoms with E-state index in [4.69, 9.17) is 0 Å². The van der Waals surface area contributed by atoms with Gasteiger partial charge in [-0.25, -0.2) is 0 Å². The highest BCUT2D eigenvalue weighted by Gasteiger charge is 2.77. The second-order valence-corrected chi connectivity index (χ2v) is 11.8. The molecule has 0 heteroatoms. The lowest BCUT2D eigenvalue weighted by Gasteiger charge is -2.59. The van der Waals surface area contributed by atoms with Gasteiger partial charge in [0.1, 0.15) is 0 Å². The minimum atomic E-state index is 0.771. The zero-order valence-corrected chi connectivity index (χ0v) is 15.7. The summed E-state index contributed by atoms with van der Waals surface area (Å²) >= 11 is 0. The summed E-state index contributed by atoms with van der Waals surface area (Å²) in [7, 11) is 0. The van der Waals surface area contributed by atoms with Crippen molar-refractivity contribution >= 4 is 0 Å². The molecule has 0 bridgehead atoms. The number of fused-ring (bicyclic) bond motifs is 12. The predicted octanol–water partition coefficient (Wildman–Crippen LogP) is 6.30. The number of hydrogen-bond acceptors (Lipinski definition) is 0. The van der Waals surface area contributed by atoms with Gasteiger partial charge in [0.15, 0.2) is 0 Å². The standard InChI is InChI=1S/C24H36/c1-23-11-8-16-14-6-2-3-7-15(14)17-12-18(17)21(16)22(23)19-13-20(19)24(23)9-4-5-10-24/h14-22H,2-13H2,1H3/t14?,15?,16?,17?,18?,19?,20?,21?,22?,23-/m0/s1. The van der Waals surface area contributed by atoms with Gasteiger partial charge in [-0.3, -0.25) is 0 Å². The van der Waals surface area contributed by atoms with Gasteiger partial charge in [0.25, 0.3) is 0 Å². The summed E-state index contributed by atoms with van der Waals surface area (Å²) in [4.78, 5) is 0. The highest BCUT2D eigenvalue weighted by Crippen LogP contribution is 2.84. The minimum absolute atomic E-state index is 0.771. The smallest absolute Gasteiger partial charge is 0.0210 e. The Balaban J connectivity index is 1.30. The van der Waals surface area contributed by atoms with Gasteiger partial charge in [-0.2, -0.15) is 0 Å². The van der Waals surface area contributed by atoms with Crippen LogP contribution in [0.3, 0.4) is 0 Å². The molecule has 10 atom stereocenters. The lowest BCUT2D eigenvalue weighted by molar-refractivity contribution is -0.108. The third-order valence-electron chi connectivity index (χ3n) is 11.6. The van der Waals surface area contributed by atoms with Gasteiger partial charge in [-0.15, -0.1) is 0 Å². The first kappa shape index (κ1) is 14.1. The molecule has 0 saturated heterocycles. The maximum Gasteiger partial charge on any atom is -0.0210 e. The lowest BCUT2D eigenvalue weighted by Crippen LogP contribution is -2.53. The first-order valence-electron chi connectivity index (χ1n) is 11.7. The van der Waals surface area contributed by atoms with E-state index in [1.165, 1.54) is 53.3 Å². The van der Waals surface area contributed by atoms with E-state index in [0.717, 1.165) is 10.8 Å². The molecule has 0 aliphatic heterocycles. The number of rotatable bonds is 0. The van der Waals surface area contributed by atoms with Crippen LogP contribution in [0.1, 0.15) is 84.0 Å². The molecular weight excluding hydrogens is 288 g/mol. The maximum absolute atomic E-state index is 2.83. The van der Waals surface area contributed by atoms with Gasteiger partial charge in [-0.1, -0.05) is 32.6 Å². The Bertz CT molecular complexity index is 571. The fourth-order valence-corrected chi connectivity index (χ4v) is 11.0. The molecule has 7 fully saturated rings. The molecule has 0 aromatic heterocycles. The summed E-state index contributed by atoms with van der Waals surface area (Å²) in [5.74, 6) is 10.7. The van der Waals surface area contributed by atoms with Gasteiger partial charge >= 0.3 is 0 Å². The summed E-state index contributed by atoms with van der Waals surface area (Å²) in [6, 6.07) is 0. The molecule has 9 unspecified atom stereocenters. The Morgan fingerprint density at radius 3 is 2.17 bits per heavy atom. The maximum atomic E-state index is 2.83. The van der Waals surface area contributed by atoms with E-state index >= 15 is 0 Å². The first-order chi connectivity index (χ1) is 11.7. The van der Waals surface area contributed by atoms with Crippen LogP contribution in [0.2, 0.25) is 0 Å². The largest absolute Gasteiger partial charge is 0.0588 e. The fraction of sp³-hybridized carbons (Fsp3) is 1.00. The summed E-state index contributed by atoms with van der Waals surface area (Å²) < 4.78 is 0. The van der Waals surface area contributed by atoms with Crippen LogP contribution in [-0.4, -0.2) is 0 Å². The van der Waals surface area contributed by atoms with E-state index in [2.05, 4.69) is 6.92 Å². The summed E-state index contributed by atoms with van der Waals surface area (Å²) in [5, 5.41) is 0. The Morgan fingerprint density at radius 1 is 0.625 bits per heavy atom. The van der Waals surface area contributed by atoms with E-state index < -0.39 is 0 Å². The average Bonchev–Trinajstić information content (AvgIpc) is 3.51. The second kappa shape index (κ2) is 4.28. The minimum Gasteiger partial charge on any atom is -0.0588 e. The number of hydrogen-bond donors (Lipinski definition) is 0. The van der Waals surface area contributed by atoms with Crippen molar-refractivity contribution in [2.45, 2.75) is 84.0 Å². The molecule has 0 aromatic carbocycles. The molecule has 0 nitrogen and oxygen atoms in total. The van der Waals surface area contributed by atoms with Gasteiger partial charge < -0.3 is 0 Å². The quantitative estimate of drug-likeness (QED) is 0.490. The molecule has 24 heavy (non-hydrogen) atoms. The van der Waals surface area contributed by atoms with Crippen molar-refractivity contribution < 1.29 is 0 Å². The van der Waals surface area contributed by atoms with Crippen LogP contribution in [0, 0.1) is 64.1 Å². The van der Waals surface area contributed by atoms with Gasteiger partial charge in [0.2, 0.25) is 0 Å². The van der Waals surface area contributed by atoms with Crippen molar-refractivity contribution in [3.63, 3.8) is 0 Å². The molecule has 7 rings (SSSR count). The fourth-order valence-electron chi connectivity index (χ4n) is 11.0. The van der Waals surface area contributed by atoms with Crippen LogP contribution in [0.4, 0.5) is 0 Å². The molecule has 0 amide bonds. The molecule has 7 saturated carbocycles. The molecule has 0 N–H and O–H groups in total. The molecule has 0 aromatic rings. The van der Waals surface area contributed by atoms with Crippen molar-refractivity contribution in [2.24, 2.45) is 64.1 Å². The summed E-state index contributed by atoms with van der Waals surface area (Å²) in [6.45, 7) is 2.83. The molecule has 0 radical (unpaired) electrons. The molecule has 7 aliphatic carbocycles. The lowest BCUT2D eigenvalue weighted by atomic mass is 9.45. The first-order valence-corrected chi connectivity index (χ1v) is 11.7. The van der Waals surface area contributed by atoms with Crippen molar-refractivity contribution in [2.75, 3.05) is 0 Å². The van der Waals surface area contributed by atoms with Crippen molar-refractivity contribution in [1.82, 2.24) is 0 Å². The molecular formula is C24H36. The summed E-state index contributed by atoms with van der Waals surface area (Å²) in [6.07, 6.45) is 19.4. The Hall–Kier alpha value is 0. The van der Waals surface area contributed by atoms with E-state index in [1.54, 1.807) is 77.0 Å². The Morgan fingerprint density at radius 2 is 1.38 bits per heavy atom. The SMILES string of the molecule is C[C@]12CCC3C4CCCCC4C4CC4C3C1C1CC1C21CCCC1. The molecule has 0 heterocycles. The predicted molar refractivity (Wildman–Crippen MR) is 97.4 cm³/mol. The third kappa shape index (κ3) is 1.41. The van der Waals surface area contributed by atoms with Crippen LogP contribution < -0.4 is 0 Å². The Kier molecular flexibility index (Phi) is 2.52. The van der Waals surface area contributed by atoms with E-state index in [9.17, 15) is 0 Å². The summed E-state index contributed by atoms with van der Waals surface area (Å²) in [5.41, 5.74) is 1.61. The molecule has 7 aliphatic rings. The van der Waals surface area contributed by atoms with E-state index in [-0.39, 0.29) is 0 Å². The van der Waals surface area contributed by atoms with Gasteiger partial charge in [0.05, 0.1) is 0 Å².